The van der Waals surface area contributed by atoms with Crippen molar-refractivity contribution >= 4 is 11.6 Å². The number of halogens is 1. The Morgan fingerprint density at radius 3 is 2.80 bits per heavy atom. The van der Waals surface area contributed by atoms with Gasteiger partial charge in [0.25, 0.3) is 5.56 Å². The van der Waals surface area contributed by atoms with Gasteiger partial charge in [-0.05, 0) is 11.6 Å². The van der Waals surface area contributed by atoms with E-state index in [9.17, 15) is 4.79 Å². The quantitative estimate of drug-likeness (QED) is 0.908. The molecule has 134 valence electrons. The molecule has 0 saturated carbocycles. The van der Waals surface area contributed by atoms with Crippen LogP contribution in [0.2, 0.25) is 5.02 Å². The largest absolute Gasteiger partial charge is 0.480 e. The minimum Gasteiger partial charge on any atom is -0.480 e. The fourth-order valence-corrected chi connectivity index (χ4v) is 3.20. The molecule has 0 saturated heterocycles. The van der Waals surface area contributed by atoms with E-state index >= 15 is 0 Å². The maximum Gasteiger partial charge on any atom is 0.255 e. The number of H-pyrrole nitrogens is 1. The molecule has 1 aliphatic heterocycles. The predicted octanol–water partition coefficient (Wildman–Crippen LogP) is 2.68. The number of aromatic amines is 1. The van der Waals surface area contributed by atoms with Gasteiger partial charge >= 0.3 is 0 Å². The van der Waals surface area contributed by atoms with Gasteiger partial charge in [0.2, 0.25) is 5.88 Å². The SMILES string of the molecule is COc1ncc(CN2CCc3nc(C(C)(C)C)[nH]c(=O)c3C2)cc1Cl. The third kappa shape index (κ3) is 3.85. The number of pyridine rings is 1. The fourth-order valence-electron chi connectivity index (χ4n) is 2.93. The Labute approximate surface area is 152 Å². The molecular formula is C18H23ClN4O2. The van der Waals surface area contributed by atoms with Gasteiger partial charge in [-0.3, -0.25) is 9.69 Å². The van der Waals surface area contributed by atoms with Crippen molar-refractivity contribution < 1.29 is 4.74 Å². The second kappa shape index (κ2) is 6.77. The lowest BCUT2D eigenvalue weighted by Gasteiger charge is -2.29. The van der Waals surface area contributed by atoms with Crippen LogP contribution < -0.4 is 10.3 Å². The van der Waals surface area contributed by atoms with Crippen LogP contribution in [0.15, 0.2) is 17.1 Å². The number of hydrogen-bond donors (Lipinski definition) is 1. The lowest BCUT2D eigenvalue weighted by molar-refractivity contribution is 0.240. The van der Waals surface area contributed by atoms with Crippen molar-refractivity contribution in [1.29, 1.82) is 0 Å². The van der Waals surface area contributed by atoms with Gasteiger partial charge in [0.05, 0.1) is 18.4 Å². The summed E-state index contributed by atoms with van der Waals surface area (Å²) in [6.07, 6.45) is 2.52. The first-order valence-electron chi connectivity index (χ1n) is 8.31. The second-order valence-corrected chi connectivity index (χ2v) is 7.79. The van der Waals surface area contributed by atoms with Crippen LogP contribution >= 0.6 is 11.6 Å². The molecule has 3 heterocycles. The summed E-state index contributed by atoms with van der Waals surface area (Å²) in [5.41, 5.74) is 2.45. The molecule has 0 radical (unpaired) electrons. The summed E-state index contributed by atoms with van der Waals surface area (Å²) in [4.78, 5) is 26.5. The van der Waals surface area contributed by atoms with E-state index in [4.69, 9.17) is 21.3 Å². The third-order valence-electron chi connectivity index (χ3n) is 4.32. The highest BCUT2D eigenvalue weighted by Crippen LogP contribution is 2.24. The number of nitrogens with one attached hydrogen (secondary N) is 1. The normalized spacial score (nSPS) is 15.1. The van der Waals surface area contributed by atoms with E-state index in [1.165, 1.54) is 0 Å². The summed E-state index contributed by atoms with van der Waals surface area (Å²) in [7, 11) is 1.54. The molecule has 0 fully saturated rings. The highest BCUT2D eigenvalue weighted by Gasteiger charge is 2.25. The molecule has 0 unspecified atom stereocenters. The van der Waals surface area contributed by atoms with Gasteiger partial charge in [0.15, 0.2) is 0 Å². The molecule has 1 aliphatic rings. The Morgan fingerprint density at radius 1 is 1.40 bits per heavy atom. The molecule has 6 nitrogen and oxygen atoms in total. The van der Waals surface area contributed by atoms with Gasteiger partial charge in [0, 0.05) is 37.7 Å². The Bertz CT molecular complexity index is 842. The molecule has 7 heteroatoms. The molecule has 3 rings (SSSR count). The summed E-state index contributed by atoms with van der Waals surface area (Å²) < 4.78 is 5.08. The van der Waals surface area contributed by atoms with Crippen LogP contribution in [-0.4, -0.2) is 33.5 Å². The van der Waals surface area contributed by atoms with E-state index in [1.54, 1.807) is 13.3 Å². The monoisotopic (exact) mass is 362 g/mol. The van der Waals surface area contributed by atoms with E-state index in [2.05, 4.69) is 14.9 Å². The van der Waals surface area contributed by atoms with Gasteiger partial charge in [-0.15, -0.1) is 0 Å². The summed E-state index contributed by atoms with van der Waals surface area (Å²) in [6, 6.07) is 1.86. The molecule has 0 aromatic carbocycles. The highest BCUT2D eigenvalue weighted by atomic mass is 35.5. The Balaban J connectivity index is 1.80. The van der Waals surface area contributed by atoms with Gasteiger partial charge in [-0.1, -0.05) is 32.4 Å². The van der Waals surface area contributed by atoms with E-state index in [0.29, 0.717) is 24.0 Å². The van der Waals surface area contributed by atoms with Crippen molar-refractivity contribution in [3.63, 3.8) is 0 Å². The molecule has 0 amide bonds. The Morgan fingerprint density at radius 2 is 2.16 bits per heavy atom. The number of aromatic nitrogens is 3. The lowest BCUT2D eigenvalue weighted by Crippen LogP contribution is -2.37. The van der Waals surface area contributed by atoms with Crippen molar-refractivity contribution in [1.82, 2.24) is 19.9 Å². The molecule has 2 aromatic rings. The molecule has 0 bridgehead atoms. The highest BCUT2D eigenvalue weighted by molar-refractivity contribution is 6.31. The minimum absolute atomic E-state index is 0.0366. The summed E-state index contributed by atoms with van der Waals surface area (Å²) in [5, 5.41) is 0.492. The lowest BCUT2D eigenvalue weighted by atomic mass is 9.95. The zero-order valence-electron chi connectivity index (χ0n) is 15.0. The second-order valence-electron chi connectivity index (χ2n) is 7.39. The van der Waals surface area contributed by atoms with Gasteiger partial charge in [-0.2, -0.15) is 0 Å². The summed E-state index contributed by atoms with van der Waals surface area (Å²) in [5.74, 6) is 1.17. The van der Waals surface area contributed by atoms with Crippen molar-refractivity contribution in [3.8, 4) is 5.88 Å². The zero-order valence-corrected chi connectivity index (χ0v) is 15.8. The molecule has 25 heavy (non-hydrogen) atoms. The van der Waals surface area contributed by atoms with Crippen LogP contribution in [0, 0.1) is 0 Å². The standard InChI is InChI=1S/C18H23ClN4O2/c1-18(2,3)17-21-14-5-6-23(10-12(14)15(24)22-17)9-11-7-13(19)16(25-4)20-8-11/h7-8H,5-6,9-10H2,1-4H3,(H,21,22,24). The number of ether oxygens (including phenoxy) is 1. The number of methoxy groups -OCH3 is 1. The van der Waals surface area contributed by atoms with Crippen molar-refractivity contribution in [2.45, 2.75) is 45.7 Å². The molecule has 1 N–H and O–H groups in total. The zero-order chi connectivity index (χ0) is 18.2. The average Bonchev–Trinajstić information content (AvgIpc) is 2.54. The molecule has 0 aliphatic carbocycles. The Hall–Kier alpha value is -1.92. The van der Waals surface area contributed by atoms with Gasteiger partial charge in [-0.25, -0.2) is 9.97 Å². The first-order valence-corrected chi connectivity index (χ1v) is 8.69. The van der Waals surface area contributed by atoms with Gasteiger partial charge < -0.3 is 9.72 Å². The van der Waals surface area contributed by atoms with Crippen LogP contribution in [0.1, 0.15) is 43.4 Å². The van der Waals surface area contributed by atoms with Crippen LogP contribution in [0.3, 0.4) is 0 Å². The third-order valence-corrected chi connectivity index (χ3v) is 4.59. The fraction of sp³-hybridized carbons (Fsp3) is 0.500. The number of fused-ring (bicyclic) bond motifs is 1. The maximum absolute atomic E-state index is 12.5. The summed E-state index contributed by atoms with van der Waals surface area (Å²) in [6.45, 7) is 8.24. The predicted molar refractivity (Wildman–Crippen MR) is 97.2 cm³/mol. The molecule has 2 aromatic heterocycles. The minimum atomic E-state index is -0.170. The molecular weight excluding hydrogens is 340 g/mol. The van der Waals surface area contributed by atoms with Crippen molar-refractivity contribution in [2.75, 3.05) is 13.7 Å². The van der Waals surface area contributed by atoms with E-state index in [-0.39, 0.29) is 11.0 Å². The summed E-state index contributed by atoms with van der Waals surface area (Å²) >= 11 is 6.14. The first-order chi connectivity index (χ1) is 11.8. The van der Waals surface area contributed by atoms with Gasteiger partial charge in [0.1, 0.15) is 10.8 Å². The molecule has 0 spiro atoms. The van der Waals surface area contributed by atoms with Crippen molar-refractivity contribution in [3.05, 3.63) is 50.3 Å². The van der Waals surface area contributed by atoms with Crippen molar-refractivity contribution in [2.24, 2.45) is 0 Å². The average molecular weight is 363 g/mol. The first kappa shape index (κ1) is 17.9. The smallest absolute Gasteiger partial charge is 0.255 e. The van der Waals surface area contributed by atoms with Crippen LogP contribution in [0.5, 0.6) is 5.88 Å². The maximum atomic E-state index is 12.5. The molecule has 0 atom stereocenters. The van der Waals surface area contributed by atoms with E-state index in [0.717, 1.165) is 35.6 Å². The van der Waals surface area contributed by atoms with E-state index in [1.807, 2.05) is 26.8 Å². The number of rotatable bonds is 3. The topological polar surface area (TPSA) is 71.1 Å². The van der Waals surface area contributed by atoms with Crippen LogP contribution in [-0.2, 0) is 24.9 Å². The number of hydrogen-bond acceptors (Lipinski definition) is 5. The number of nitrogens with zero attached hydrogens (tertiary/aromatic N) is 3. The Kier molecular flexibility index (Phi) is 4.84. The van der Waals surface area contributed by atoms with Crippen LogP contribution in [0.4, 0.5) is 0 Å². The van der Waals surface area contributed by atoms with E-state index < -0.39 is 0 Å². The van der Waals surface area contributed by atoms with Crippen LogP contribution in [0.25, 0.3) is 0 Å².